The van der Waals surface area contributed by atoms with Gasteiger partial charge in [-0.1, -0.05) is 30.3 Å². The Morgan fingerprint density at radius 1 is 1.05 bits per heavy atom. The third-order valence-electron chi connectivity index (χ3n) is 4.11. The summed E-state index contributed by atoms with van der Waals surface area (Å²) in [7, 11) is 0. The molecule has 0 spiro atoms. The van der Waals surface area contributed by atoms with E-state index in [2.05, 4.69) is 58.8 Å². The van der Waals surface area contributed by atoms with Gasteiger partial charge in [0.25, 0.3) is 0 Å². The maximum absolute atomic E-state index is 4.32. The number of hydrogen-bond acceptors (Lipinski definition) is 3. The second-order valence-electron chi connectivity index (χ2n) is 5.46. The van der Waals surface area contributed by atoms with Crippen molar-refractivity contribution in [3.05, 3.63) is 59.6 Å². The Balaban J connectivity index is 1.41. The quantitative estimate of drug-likeness (QED) is 0.755. The van der Waals surface area contributed by atoms with Crippen molar-refractivity contribution >= 4 is 27.2 Å². The van der Waals surface area contributed by atoms with Gasteiger partial charge in [-0.05, 0) is 42.5 Å². The monoisotopic (exact) mass is 280 g/mol. The molecule has 2 aromatic carbocycles. The summed E-state index contributed by atoms with van der Waals surface area (Å²) in [4.78, 5) is 4.32. The molecule has 0 saturated heterocycles. The minimum Gasteiger partial charge on any atom is -0.382 e. The van der Waals surface area contributed by atoms with Crippen LogP contribution in [0.15, 0.2) is 54.0 Å². The highest BCUT2D eigenvalue weighted by molar-refractivity contribution is 7.16. The van der Waals surface area contributed by atoms with Gasteiger partial charge in [0, 0.05) is 11.7 Å². The zero-order valence-corrected chi connectivity index (χ0v) is 11.9. The molecule has 4 rings (SSSR count). The summed E-state index contributed by atoms with van der Waals surface area (Å²) in [5.41, 5.74) is 5.70. The first-order valence-electron chi connectivity index (χ1n) is 7.03. The number of benzene rings is 2. The summed E-state index contributed by atoms with van der Waals surface area (Å²) < 4.78 is 1.26. The minimum atomic E-state index is 0.602. The predicted octanol–water partition coefficient (Wildman–Crippen LogP) is 4.65. The van der Waals surface area contributed by atoms with E-state index < -0.39 is 0 Å². The van der Waals surface area contributed by atoms with E-state index in [1.807, 2.05) is 5.51 Å². The van der Waals surface area contributed by atoms with Crippen molar-refractivity contribution in [1.29, 1.82) is 0 Å². The predicted molar refractivity (Wildman–Crippen MR) is 85.4 cm³/mol. The number of hydrogen-bond donors (Lipinski definition) is 1. The molecule has 1 aliphatic rings. The van der Waals surface area contributed by atoms with Crippen molar-refractivity contribution in [3.63, 3.8) is 0 Å². The van der Waals surface area contributed by atoms with Gasteiger partial charge < -0.3 is 5.32 Å². The number of anilines is 1. The lowest BCUT2D eigenvalue weighted by Gasteiger charge is -2.37. The van der Waals surface area contributed by atoms with E-state index in [9.17, 15) is 0 Å². The molecule has 1 aromatic heterocycles. The number of rotatable bonds is 3. The van der Waals surface area contributed by atoms with Crippen LogP contribution in [0.4, 0.5) is 5.69 Å². The van der Waals surface area contributed by atoms with E-state index in [1.54, 1.807) is 11.3 Å². The van der Waals surface area contributed by atoms with Crippen LogP contribution in [0, 0.1) is 0 Å². The van der Waals surface area contributed by atoms with Gasteiger partial charge in [0.15, 0.2) is 0 Å². The third-order valence-corrected chi connectivity index (χ3v) is 4.90. The molecule has 0 amide bonds. The van der Waals surface area contributed by atoms with Crippen LogP contribution in [0.25, 0.3) is 10.2 Å². The van der Waals surface area contributed by atoms with Crippen LogP contribution in [0.1, 0.15) is 24.3 Å². The number of nitrogens with zero attached hydrogens (tertiary/aromatic N) is 1. The molecule has 100 valence electrons. The standard InChI is InChI=1S/C17H16N2S/c1-2-4-12(5-3-1)13-8-15(9-13)19-14-6-7-16-17(10-14)20-11-18-16/h1-7,10-11,13,15,19H,8-9H2. The fraction of sp³-hybridized carbons (Fsp3) is 0.235. The average Bonchev–Trinajstić information content (AvgIpc) is 2.91. The van der Waals surface area contributed by atoms with Crippen LogP contribution in [0.2, 0.25) is 0 Å². The Bertz CT molecular complexity index is 714. The second-order valence-corrected chi connectivity index (χ2v) is 6.34. The van der Waals surface area contributed by atoms with E-state index in [1.165, 1.54) is 28.8 Å². The zero-order valence-electron chi connectivity index (χ0n) is 11.1. The van der Waals surface area contributed by atoms with E-state index in [0.29, 0.717) is 6.04 Å². The molecule has 3 heteroatoms. The molecule has 1 heterocycles. The molecular formula is C17H16N2S. The molecule has 0 atom stereocenters. The highest BCUT2D eigenvalue weighted by atomic mass is 32.1. The molecule has 0 unspecified atom stereocenters. The third kappa shape index (κ3) is 2.18. The minimum absolute atomic E-state index is 0.602. The Morgan fingerprint density at radius 3 is 2.75 bits per heavy atom. The highest BCUT2D eigenvalue weighted by Gasteiger charge is 2.29. The molecule has 1 N–H and O–H groups in total. The van der Waals surface area contributed by atoms with Gasteiger partial charge in [0.05, 0.1) is 15.7 Å². The van der Waals surface area contributed by atoms with Crippen LogP contribution < -0.4 is 5.32 Å². The van der Waals surface area contributed by atoms with Gasteiger partial charge in [0.2, 0.25) is 0 Å². The molecule has 0 bridgehead atoms. The van der Waals surface area contributed by atoms with Crippen LogP contribution in [-0.4, -0.2) is 11.0 Å². The highest BCUT2D eigenvalue weighted by Crippen LogP contribution is 2.38. The molecular weight excluding hydrogens is 264 g/mol. The lowest BCUT2D eigenvalue weighted by molar-refractivity contribution is 0.374. The van der Waals surface area contributed by atoms with E-state index in [0.717, 1.165) is 11.4 Å². The zero-order chi connectivity index (χ0) is 13.4. The molecule has 1 saturated carbocycles. The fourth-order valence-corrected chi connectivity index (χ4v) is 3.63. The van der Waals surface area contributed by atoms with Crippen molar-refractivity contribution in [1.82, 2.24) is 4.98 Å². The molecule has 20 heavy (non-hydrogen) atoms. The maximum atomic E-state index is 4.32. The molecule has 1 aliphatic carbocycles. The molecule has 0 aliphatic heterocycles. The molecule has 3 aromatic rings. The summed E-state index contributed by atoms with van der Waals surface area (Å²) >= 11 is 1.70. The smallest absolute Gasteiger partial charge is 0.0813 e. The van der Waals surface area contributed by atoms with E-state index >= 15 is 0 Å². The number of nitrogens with one attached hydrogen (secondary N) is 1. The summed E-state index contributed by atoms with van der Waals surface area (Å²) in [6, 6.07) is 17.9. The van der Waals surface area contributed by atoms with Gasteiger partial charge in [-0.2, -0.15) is 0 Å². The summed E-state index contributed by atoms with van der Waals surface area (Å²) in [6.45, 7) is 0. The number of fused-ring (bicyclic) bond motifs is 1. The van der Waals surface area contributed by atoms with Crippen LogP contribution in [0.5, 0.6) is 0 Å². The lowest BCUT2D eigenvalue weighted by Crippen LogP contribution is -2.33. The summed E-state index contributed by atoms with van der Waals surface area (Å²) in [5, 5.41) is 3.64. The van der Waals surface area contributed by atoms with Crippen LogP contribution in [0.3, 0.4) is 0 Å². The molecule has 2 nitrogen and oxygen atoms in total. The van der Waals surface area contributed by atoms with Gasteiger partial charge >= 0.3 is 0 Å². The van der Waals surface area contributed by atoms with Gasteiger partial charge in [-0.3, -0.25) is 0 Å². The van der Waals surface area contributed by atoms with E-state index in [4.69, 9.17) is 0 Å². The second kappa shape index (κ2) is 4.91. The Labute approximate surface area is 122 Å². The van der Waals surface area contributed by atoms with Gasteiger partial charge in [-0.15, -0.1) is 11.3 Å². The summed E-state index contributed by atoms with van der Waals surface area (Å²) in [6.07, 6.45) is 2.45. The largest absolute Gasteiger partial charge is 0.382 e. The molecule has 0 radical (unpaired) electrons. The van der Waals surface area contributed by atoms with Gasteiger partial charge in [0.1, 0.15) is 0 Å². The first-order chi connectivity index (χ1) is 9.88. The normalized spacial score (nSPS) is 21.6. The van der Waals surface area contributed by atoms with Crippen molar-refractivity contribution in [2.45, 2.75) is 24.8 Å². The van der Waals surface area contributed by atoms with Crippen molar-refractivity contribution in [3.8, 4) is 0 Å². The number of thiazole rings is 1. The fourth-order valence-electron chi connectivity index (χ4n) is 2.91. The lowest BCUT2D eigenvalue weighted by atomic mass is 9.76. The first-order valence-corrected chi connectivity index (χ1v) is 7.91. The molecule has 1 fully saturated rings. The average molecular weight is 280 g/mol. The van der Waals surface area contributed by atoms with Gasteiger partial charge in [-0.25, -0.2) is 4.98 Å². The Morgan fingerprint density at radius 2 is 1.90 bits per heavy atom. The maximum Gasteiger partial charge on any atom is 0.0813 e. The Hall–Kier alpha value is -1.87. The topological polar surface area (TPSA) is 24.9 Å². The van der Waals surface area contributed by atoms with Crippen LogP contribution >= 0.6 is 11.3 Å². The van der Waals surface area contributed by atoms with Crippen molar-refractivity contribution in [2.75, 3.05) is 5.32 Å². The Kier molecular flexibility index (Phi) is 2.92. The SMILES string of the molecule is c1ccc(C2CC(Nc3ccc4ncsc4c3)C2)cc1. The summed E-state index contributed by atoms with van der Waals surface area (Å²) in [5.74, 6) is 0.723. The first kappa shape index (κ1) is 11.9. The number of aromatic nitrogens is 1. The van der Waals surface area contributed by atoms with E-state index in [-0.39, 0.29) is 0 Å². The van der Waals surface area contributed by atoms with Crippen molar-refractivity contribution < 1.29 is 0 Å². The van der Waals surface area contributed by atoms with Crippen molar-refractivity contribution in [2.24, 2.45) is 0 Å². The van der Waals surface area contributed by atoms with Crippen LogP contribution in [-0.2, 0) is 0 Å².